The molecule has 3 heteroatoms. The van der Waals surface area contributed by atoms with Gasteiger partial charge in [0.1, 0.15) is 5.82 Å². The first-order chi connectivity index (χ1) is 4.74. The second kappa shape index (κ2) is 3.35. The Hall–Kier alpha value is -0.0800. The summed E-state index contributed by atoms with van der Waals surface area (Å²) >= 11 is 8.51. The molecule has 1 aromatic carbocycles. The van der Waals surface area contributed by atoms with Crippen LogP contribution < -0.4 is 0 Å². The molecule has 0 unspecified atom stereocenters. The third-order valence-corrected chi connectivity index (χ3v) is 1.80. The van der Waals surface area contributed by atoms with E-state index >= 15 is 0 Å². The van der Waals surface area contributed by atoms with Crippen LogP contribution in [0.5, 0.6) is 0 Å². The predicted molar refractivity (Wildman–Crippen MR) is 43.4 cm³/mol. The van der Waals surface area contributed by atoms with Gasteiger partial charge >= 0.3 is 0 Å². The zero-order valence-electron chi connectivity index (χ0n) is 4.94. The van der Waals surface area contributed by atoms with E-state index in [1.54, 1.807) is 12.1 Å². The number of rotatable bonds is 1. The second-order valence-electron chi connectivity index (χ2n) is 1.77. The Labute approximate surface area is 72.1 Å². The molecule has 0 nitrogen and oxygen atoms in total. The molecule has 0 bridgehead atoms. The van der Waals surface area contributed by atoms with Gasteiger partial charge in [0.25, 0.3) is 0 Å². The van der Waals surface area contributed by atoms with E-state index in [-0.39, 0.29) is 5.82 Å². The molecule has 10 heavy (non-hydrogen) atoms. The summed E-state index contributed by atoms with van der Waals surface area (Å²) in [6, 6.07) is 4.60. The van der Waals surface area contributed by atoms with E-state index in [0.29, 0.717) is 5.56 Å². The first-order valence-electron chi connectivity index (χ1n) is 2.62. The van der Waals surface area contributed by atoms with E-state index in [1.165, 1.54) is 11.9 Å². The maximum absolute atomic E-state index is 12.6. The van der Waals surface area contributed by atoms with Crippen LogP contribution in [0.3, 0.4) is 0 Å². The van der Waals surface area contributed by atoms with Crippen molar-refractivity contribution in [3.05, 3.63) is 39.9 Å². The number of halogens is 3. The highest BCUT2D eigenvalue weighted by molar-refractivity contribution is 9.10. The number of hydrogen-bond donors (Lipinski definition) is 0. The molecule has 0 heterocycles. The molecule has 53 valence electrons. The Bertz CT molecular complexity index is 237. The van der Waals surface area contributed by atoms with E-state index in [9.17, 15) is 4.39 Å². The minimum Gasteiger partial charge on any atom is -0.207 e. The lowest BCUT2D eigenvalue weighted by atomic mass is 10.2. The minimum atomic E-state index is -0.307. The van der Waals surface area contributed by atoms with Gasteiger partial charge in [0.2, 0.25) is 0 Å². The van der Waals surface area contributed by atoms with Crippen molar-refractivity contribution in [1.82, 2.24) is 0 Å². The van der Waals surface area contributed by atoms with Gasteiger partial charge < -0.3 is 0 Å². The molecule has 1 radical (unpaired) electrons. The quantitative estimate of drug-likeness (QED) is 0.684. The lowest BCUT2D eigenvalue weighted by Crippen LogP contribution is -1.82. The van der Waals surface area contributed by atoms with Crippen molar-refractivity contribution in [1.29, 1.82) is 0 Å². The summed E-state index contributed by atoms with van der Waals surface area (Å²) in [7, 11) is 0. The molecule has 0 aliphatic heterocycles. The molecule has 0 saturated carbocycles. The second-order valence-corrected chi connectivity index (χ2v) is 2.91. The van der Waals surface area contributed by atoms with Crippen LogP contribution in [0.1, 0.15) is 5.56 Å². The highest BCUT2D eigenvalue weighted by Gasteiger charge is 1.99. The van der Waals surface area contributed by atoms with Crippen molar-refractivity contribution in [3.63, 3.8) is 0 Å². The smallest absolute Gasteiger partial charge is 0.128 e. The van der Waals surface area contributed by atoms with Crippen molar-refractivity contribution in [2.24, 2.45) is 0 Å². The Morgan fingerprint density at radius 2 is 2.20 bits per heavy atom. The molecule has 0 aliphatic carbocycles. The van der Waals surface area contributed by atoms with E-state index < -0.39 is 0 Å². The zero-order valence-corrected chi connectivity index (χ0v) is 7.29. The Kier molecular flexibility index (Phi) is 2.69. The molecule has 0 saturated heterocycles. The fraction of sp³-hybridized carbons (Fsp3) is 0. The molecule has 0 atom stereocenters. The molecular formula is C7H4BrClF. The fourth-order valence-corrected chi connectivity index (χ4v) is 1.14. The molecule has 0 fully saturated rings. The number of hydrogen-bond acceptors (Lipinski definition) is 0. The van der Waals surface area contributed by atoms with E-state index in [0.717, 1.165) is 4.47 Å². The van der Waals surface area contributed by atoms with Gasteiger partial charge in [-0.3, -0.25) is 0 Å². The van der Waals surface area contributed by atoms with Crippen LogP contribution in [-0.4, -0.2) is 0 Å². The van der Waals surface area contributed by atoms with Gasteiger partial charge in [0.05, 0.1) is 5.88 Å². The summed E-state index contributed by atoms with van der Waals surface area (Å²) in [6.45, 7) is 0. The van der Waals surface area contributed by atoms with Crippen molar-refractivity contribution in [2.75, 3.05) is 0 Å². The zero-order chi connectivity index (χ0) is 7.56. The average Bonchev–Trinajstić information content (AvgIpc) is 1.94. The van der Waals surface area contributed by atoms with Gasteiger partial charge in [0, 0.05) is 10.0 Å². The van der Waals surface area contributed by atoms with Crippen molar-refractivity contribution < 1.29 is 4.39 Å². The van der Waals surface area contributed by atoms with Crippen LogP contribution in [-0.2, 0) is 0 Å². The molecule has 1 aromatic rings. The Morgan fingerprint density at radius 1 is 1.50 bits per heavy atom. The molecule has 0 amide bonds. The van der Waals surface area contributed by atoms with Gasteiger partial charge in [0.15, 0.2) is 0 Å². The molecular weight excluding hydrogens is 218 g/mol. The molecule has 1 rings (SSSR count). The SMILES string of the molecule is Fc1ccc(Br)cc1[CH]Cl. The fourth-order valence-electron chi connectivity index (χ4n) is 0.598. The number of benzene rings is 1. The Balaban J connectivity index is 3.09. The van der Waals surface area contributed by atoms with Crippen LogP contribution >= 0.6 is 27.5 Å². The van der Waals surface area contributed by atoms with Crippen LogP contribution in [0.2, 0.25) is 0 Å². The van der Waals surface area contributed by atoms with Gasteiger partial charge in [-0.15, -0.1) is 11.6 Å². The normalized spacial score (nSPS) is 9.90. The van der Waals surface area contributed by atoms with Gasteiger partial charge in [-0.2, -0.15) is 0 Å². The summed E-state index contributed by atoms with van der Waals surface area (Å²) in [4.78, 5) is 0. The van der Waals surface area contributed by atoms with Gasteiger partial charge in [-0.25, -0.2) is 4.39 Å². The standard InChI is InChI=1S/C7H4BrClF/c8-6-1-2-7(10)5(3-6)4-9/h1-4H. The van der Waals surface area contributed by atoms with Crippen LogP contribution in [0, 0.1) is 11.7 Å². The summed E-state index contributed by atoms with van der Waals surface area (Å²) in [5, 5.41) is 0. The predicted octanol–water partition coefficient (Wildman–Crippen LogP) is 3.34. The first kappa shape index (κ1) is 8.02. The van der Waals surface area contributed by atoms with Crippen molar-refractivity contribution in [2.45, 2.75) is 0 Å². The monoisotopic (exact) mass is 221 g/mol. The highest BCUT2D eigenvalue weighted by Crippen LogP contribution is 2.17. The molecule has 0 aliphatic rings. The molecule has 0 spiro atoms. The summed E-state index contributed by atoms with van der Waals surface area (Å²) in [6.07, 6.45) is 0. The first-order valence-corrected chi connectivity index (χ1v) is 3.85. The van der Waals surface area contributed by atoms with E-state index in [4.69, 9.17) is 11.6 Å². The van der Waals surface area contributed by atoms with Crippen molar-refractivity contribution in [3.8, 4) is 0 Å². The summed E-state index contributed by atoms with van der Waals surface area (Å²) in [5.74, 6) is 0.901. The highest BCUT2D eigenvalue weighted by atomic mass is 79.9. The largest absolute Gasteiger partial charge is 0.207 e. The Morgan fingerprint density at radius 3 is 2.70 bits per heavy atom. The third kappa shape index (κ3) is 1.70. The van der Waals surface area contributed by atoms with E-state index in [1.807, 2.05) is 0 Å². The summed E-state index contributed by atoms with van der Waals surface area (Å²) in [5.41, 5.74) is 0.399. The van der Waals surface area contributed by atoms with Crippen molar-refractivity contribution >= 4 is 27.5 Å². The van der Waals surface area contributed by atoms with Crippen LogP contribution in [0.25, 0.3) is 0 Å². The van der Waals surface area contributed by atoms with Gasteiger partial charge in [-0.05, 0) is 18.2 Å². The van der Waals surface area contributed by atoms with Gasteiger partial charge in [-0.1, -0.05) is 15.9 Å². The van der Waals surface area contributed by atoms with Crippen LogP contribution in [0.15, 0.2) is 22.7 Å². The van der Waals surface area contributed by atoms with Crippen LogP contribution in [0.4, 0.5) is 4.39 Å². The topological polar surface area (TPSA) is 0 Å². The maximum atomic E-state index is 12.6. The third-order valence-electron chi connectivity index (χ3n) is 1.08. The lowest BCUT2D eigenvalue weighted by Gasteiger charge is -1.96. The minimum absolute atomic E-state index is 0.307. The maximum Gasteiger partial charge on any atom is 0.128 e. The molecule has 0 aromatic heterocycles. The lowest BCUT2D eigenvalue weighted by molar-refractivity contribution is 0.622. The average molecular weight is 222 g/mol. The summed E-state index contributed by atoms with van der Waals surface area (Å²) < 4.78 is 13.5. The molecule has 0 N–H and O–H groups in total. The van der Waals surface area contributed by atoms with E-state index in [2.05, 4.69) is 15.9 Å².